The fraction of sp³-hybridized carbons (Fsp3) is 0.286. The molecule has 0 aliphatic carbocycles. The molecule has 1 heterocycles. The summed E-state index contributed by atoms with van der Waals surface area (Å²) >= 11 is 12.2. The van der Waals surface area contributed by atoms with Crippen molar-refractivity contribution in [3.63, 3.8) is 0 Å². The van der Waals surface area contributed by atoms with Crippen molar-refractivity contribution in [2.45, 2.75) is 13.1 Å². The van der Waals surface area contributed by atoms with Gasteiger partial charge in [-0.1, -0.05) is 71.7 Å². The van der Waals surface area contributed by atoms with Crippen molar-refractivity contribution >= 4 is 41.0 Å². The monoisotopic (exact) mass is 557 g/mol. The second-order valence-corrected chi connectivity index (χ2v) is 9.84. The van der Waals surface area contributed by atoms with Crippen molar-refractivity contribution in [1.29, 1.82) is 0 Å². The van der Waals surface area contributed by atoms with E-state index < -0.39 is 0 Å². The molecule has 38 heavy (non-hydrogen) atoms. The first-order valence-electron chi connectivity index (χ1n) is 12.4. The van der Waals surface area contributed by atoms with E-state index in [1.807, 2.05) is 30.3 Å². The van der Waals surface area contributed by atoms with Crippen LogP contribution in [0.1, 0.15) is 11.1 Å². The van der Waals surface area contributed by atoms with Crippen LogP contribution in [-0.2, 0) is 13.1 Å². The summed E-state index contributed by atoms with van der Waals surface area (Å²) in [5.74, 6) is -0.312. The summed E-state index contributed by atoms with van der Waals surface area (Å²) in [6.45, 7) is 4.36. The molecule has 0 radical (unpaired) electrons. The molecule has 1 saturated heterocycles. The minimum Gasteiger partial charge on any atom is -0.334 e. The molecule has 0 unspecified atom stereocenters. The number of hydrogen-bond donors (Lipinski definition) is 2. The van der Waals surface area contributed by atoms with Crippen molar-refractivity contribution in [3.8, 4) is 0 Å². The highest BCUT2D eigenvalue weighted by molar-refractivity contribution is 6.43. The lowest BCUT2D eigenvalue weighted by Crippen LogP contribution is -2.52. The maximum atomic E-state index is 13.4. The first-order valence-corrected chi connectivity index (χ1v) is 13.2. The quantitative estimate of drug-likeness (QED) is 0.373. The largest absolute Gasteiger partial charge is 0.334 e. The number of nitrogens with one attached hydrogen (secondary N) is 2. The molecule has 7 nitrogen and oxygen atoms in total. The Morgan fingerprint density at radius 2 is 1.58 bits per heavy atom. The summed E-state index contributed by atoms with van der Waals surface area (Å²) < 4.78 is 13.4. The SMILES string of the molecule is O=C(NCc1ccccc1)N(CCN1CCN(C(=O)Nc2cccc(Cl)c2Cl)CC1)Cc1ccc(F)cc1. The molecule has 4 amide bonds. The molecule has 1 fully saturated rings. The number of halogens is 3. The number of carbonyl (C=O) groups is 2. The summed E-state index contributed by atoms with van der Waals surface area (Å²) in [7, 11) is 0. The van der Waals surface area contributed by atoms with Crippen LogP contribution in [0.3, 0.4) is 0 Å². The predicted molar refractivity (Wildman–Crippen MR) is 149 cm³/mol. The Labute approximate surface area is 232 Å². The van der Waals surface area contributed by atoms with E-state index in [1.54, 1.807) is 40.1 Å². The van der Waals surface area contributed by atoms with Crippen LogP contribution in [0.4, 0.5) is 19.7 Å². The number of amides is 4. The maximum absolute atomic E-state index is 13.4. The number of anilines is 1. The number of carbonyl (C=O) groups excluding carboxylic acids is 2. The summed E-state index contributed by atoms with van der Waals surface area (Å²) in [5, 5.41) is 6.50. The average molecular weight is 558 g/mol. The number of benzene rings is 3. The van der Waals surface area contributed by atoms with Crippen LogP contribution < -0.4 is 10.6 Å². The third-order valence-electron chi connectivity index (χ3n) is 6.40. The molecule has 2 N–H and O–H groups in total. The highest BCUT2D eigenvalue weighted by Gasteiger charge is 2.23. The van der Waals surface area contributed by atoms with Gasteiger partial charge in [-0.3, -0.25) is 4.90 Å². The molecule has 200 valence electrons. The lowest BCUT2D eigenvalue weighted by Gasteiger charge is -2.36. The van der Waals surface area contributed by atoms with Crippen LogP contribution in [0.15, 0.2) is 72.8 Å². The summed E-state index contributed by atoms with van der Waals surface area (Å²) in [6.07, 6.45) is 0. The van der Waals surface area contributed by atoms with Gasteiger partial charge >= 0.3 is 12.1 Å². The van der Waals surface area contributed by atoms with E-state index in [0.717, 1.165) is 11.1 Å². The standard InChI is InChI=1S/C28H30Cl2FN5O2/c29-24-7-4-8-25(26(24)30)33-28(38)35-16-13-34(14-17-35)15-18-36(20-22-9-11-23(31)12-10-22)27(37)32-19-21-5-2-1-3-6-21/h1-12H,13-20H2,(H,32,37)(H,33,38). The Morgan fingerprint density at radius 1 is 0.868 bits per heavy atom. The van der Waals surface area contributed by atoms with Gasteiger partial charge in [0.1, 0.15) is 5.82 Å². The summed E-state index contributed by atoms with van der Waals surface area (Å²) in [6, 6.07) is 20.6. The van der Waals surface area contributed by atoms with E-state index in [-0.39, 0.29) is 17.9 Å². The Kier molecular flexibility index (Phi) is 9.81. The molecule has 0 saturated carbocycles. The molecule has 1 aliphatic heterocycles. The number of nitrogens with zero attached hydrogens (tertiary/aromatic N) is 3. The molecule has 0 spiro atoms. The first-order chi connectivity index (χ1) is 18.4. The smallest absolute Gasteiger partial charge is 0.321 e. The Balaban J connectivity index is 1.30. The third kappa shape index (κ3) is 7.84. The second kappa shape index (κ2) is 13.5. The minimum atomic E-state index is -0.312. The van der Waals surface area contributed by atoms with Crippen LogP contribution in [0.25, 0.3) is 0 Å². The fourth-order valence-electron chi connectivity index (χ4n) is 4.18. The van der Waals surface area contributed by atoms with Gasteiger partial charge in [-0.25, -0.2) is 14.0 Å². The van der Waals surface area contributed by atoms with Crippen molar-refractivity contribution in [1.82, 2.24) is 20.0 Å². The number of hydrogen-bond acceptors (Lipinski definition) is 3. The Hall–Kier alpha value is -3.33. The topological polar surface area (TPSA) is 67.9 Å². The zero-order chi connectivity index (χ0) is 26.9. The van der Waals surface area contributed by atoms with Gasteiger partial charge in [0.05, 0.1) is 15.7 Å². The minimum absolute atomic E-state index is 0.186. The maximum Gasteiger partial charge on any atom is 0.321 e. The normalized spacial score (nSPS) is 13.7. The van der Waals surface area contributed by atoms with Gasteiger partial charge in [-0.15, -0.1) is 0 Å². The van der Waals surface area contributed by atoms with Gasteiger partial charge < -0.3 is 20.4 Å². The summed E-state index contributed by atoms with van der Waals surface area (Å²) in [5.41, 5.74) is 2.34. The molecule has 0 atom stereocenters. The molecular formula is C28H30Cl2FN5O2. The Morgan fingerprint density at radius 3 is 2.29 bits per heavy atom. The van der Waals surface area contributed by atoms with Crippen molar-refractivity contribution in [2.75, 3.05) is 44.6 Å². The van der Waals surface area contributed by atoms with E-state index in [2.05, 4.69) is 15.5 Å². The van der Waals surface area contributed by atoms with Crippen LogP contribution >= 0.6 is 23.2 Å². The van der Waals surface area contributed by atoms with Gasteiger partial charge in [-0.2, -0.15) is 0 Å². The van der Waals surface area contributed by atoms with Gasteiger partial charge in [-0.05, 0) is 35.4 Å². The highest BCUT2D eigenvalue weighted by atomic mass is 35.5. The van der Waals surface area contributed by atoms with E-state index in [4.69, 9.17) is 23.2 Å². The molecular weight excluding hydrogens is 528 g/mol. The molecule has 0 aromatic heterocycles. The first kappa shape index (κ1) is 27.7. The zero-order valence-corrected chi connectivity index (χ0v) is 22.4. The van der Waals surface area contributed by atoms with Gasteiger partial charge in [0, 0.05) is 52.4 Å². The van der Waals surface area contributed by atoms with Gasteiger partial charge in [0.2, 0.25) is 0 Å². The van der Waals surface area contributed by atoms with Gasteiger partial charge in [0.15, 0.2) is 0 Å². The molecule has 3 aromatic rings. The lowest BCUT2D eigenvalue weighted by molar-refractivity contribution is 0.134. The second-order valence-electron chi connectivity index (χ2n) is 9.05. The fourth-order valence-corrected chi connectivity index (χ4v) is 4.53. The Bertz CT molecular complexity index is 1220. The molecule has 1 aliphatic rings. The number of rotatable bonds is 8. The van der Waals surface area contributed by atoms with Crippen LogP contribution in [-0.4, -0.2) is 66.0 Å². The predicted octanol–water partition coefficient (Wildman–Crippen LogP) is 5.69. The highest BCUT2D eigenvalue weighted by Crippen LogP contribution is 2.29. The van der Waals surface area contributed by atoms with E-state index >= 15 is 0 Å². The molecule has 3 aromatic carbocycles. The van der Waals surface area contributed by atoms with E-state index in [9.17, 15) is 14.0 Å². The number of urea groups is 2. The van der Waals surface area contributed by atoms with E-state index in [0.29, 0.717) is 68.1 Å². The molecule has 4 rings (SSSR count). The van der Waals surface area contributed by atoms with Crippen LogP contribution in [0.5, 0.6) is 0 Å². The molecule has 0 bridgehead atoms. The third-order valence-corrected chi connectivity index (χ3v) is 7.22. The van der Waals surface area contributed by atoms with Gasteiger partial charge in [0.25, 0.3) is 0 Å². The van der Waals surface area contributed by atoms with E-state index in [1.165, 1.54) is 12.1 Å². The average Bonchev–Trinajstić information content (AvgIpc) is 2.94. The van der Waals surface area contributed by atoms with Crippen molar-refractivity contribution in [3.05, 3.63) is 99.8 Å². The number of piperazine rings is 1. The van der Waals surface area contributed by atoms with Crippen molar-refractivity contribution < 1.29 is 14.0 Å². The zero-order valence-electron chi connectivity index (χ0n) is 20.9. The molecule has 10 heteroatoms. The summed E-state index contributed by atoms with van der Waals surface area (Å²) in [4.78, 5) is 31.5. The van der Waals surface area contributed by atoms with Crippen LogP contribution in [0, 0.1) is 5.82 Å². The lowest BCUT2D eigenvalue weighted by atomic mass is 10.2. The van der Waals surface area contributed by atoms with Crippen molar-refractivity contribution in [2.24, 2.45) is 0 Å². The van der Waals surface area contributed by atoms with Crippen LogP contribution in [0.2, 0.25) is 10.0 Å².